The normalized spacial score (nSPS) is 20.1. The van der Waals surface area contributed by atoms with Gasteiger partial charge in [0.2, 0.25) is 0 Å². The quantitative estimate of drug-likeness (QED) is 0.587. The molecular weight excluding hydrogens is 398 g/mol. The van der Waals surface area contributed by atoms with E-state index in [-0.39, 0.29) is 19.0 Å². The van der Waals surface area contributed by atoms with Crippen molar-refractivity contribution in [3.63, 3.8) is 0 Å². The number of rotatable bonds is 10. The van der Waals surface area contributed by atoms with Gasteiger partial charge in [-0.3, -0.25) is 4.79 Å². The number of unbranched alkanes of at least 4 members (excludes halogenated alkanes) is 1. The summed E-state index contributed by atoms with van der Waals surface area (Å²) in [6.07, 6.45) is -0.0638. The minimum atomic E-state index is -0.887. The number of benzene rings is 1. The Labute approximate surface area is 185 Å². The Morgan fingerprint density at radius 3 is 2.45 bits per heavy atom. The second-order valence-corrected chi connectivity index (χ2v) is 9.33. The van der Waals surface area contributed by atoms with Gasteiger partial charge in [-0.1, -0.05) is 43.7 Å². The lowest BCUT2D eigenvalue weighted by atomic mass is 9.98. The molecule has 1 amide bonds. The van der Waals surface area contributed by atoms with Gasteiger partial charge < -0.3 is 24.3 Å². The summed E-state index contributed by atoms with van der Waals surface area (Å²) in [7, 11) is 0. The third-order valence-electron chi connectivity index (χ3n) is 4.81. The van der Waals surface area contributed by atoms with Crippen molar-refractivity contribution in [3.8, 4) is 0 Å². The van der Waals surface area contributed by atoms with E-state index >= 15 is 0 Å². The second kappa shape index (κ2) is 11.1. The van der Waals surface area contributed by atoms with Crippen LogP contribution in [0.5, 0.6) is 0 Å². The summed E-state index contributed by atoms with van der Waals surface area (Å²) in [5.41, 5.74) is 0.267. The van der Waals surface area contributed by atoms with Crippen LogP contribution >= 0.6 is 0 Å². The third kappa shape index (κ3) is 8.59. The van der Waals surface area contributed by atoms with Crippen LogP contribution in [0, 0.1) is 0 Å². The predicted molar refractivity (Wildman–Crippen MR) is 118 cm³/mol. The lowest BCUT2D eigenvalue weighted by Gasteiger charge is -2.32. The van der Waals surface area contributed by atoms with Crippen LogP contribution in [0.15, 0.2) is 30.3 Å². The van der Waals surface area contributed by atoms with Gasteiger partial charge >= 0.3 is 6.09 Å². The minimum Gasteiger partial charge on any atom is -0.444 e. The molecule has 0 aromatic heterocycles. The molecule has 0 unspecified atom stereocenters. The van der Waals surface area contributed by atoms with Gasteiger partial charge in [-0.05, 0) is 46.6 Å². The highest BCUT2D eigenvalue weighted by molar-refractivity contribution is 5.84. The molecule has 0 aliphatic carbocycles. The topological polar surface area (TPSA) is 83.1 Å². The van der Waals surface area contributed by atoms with Crippen molar-refractivity contribution >= 4 is 11.9 Å². The first-order valence-corrected chi connectivity index (χ1v) is 11.0. The third-order valence-corrected chi connectivity index (χ3v) is 4.81. The van der Waals surface area contributed by atoms with Crippen LogP contribution < -0.4 is 5.32 Å². The average molecular weight is 436 g/mol. The summed E-state index contributed by atoms with van der Waals surface area (Å²) >= 11 is 0. The van der Waals surface area contributed by atoms with Crippen LogP contribution in [0.1, 0.15) is 66.4 Å². The van der Waals surface area contributed by atoms with E-state index in [0.717, 1.165) is 18.4 Å². The monoisotopic (exact) mass is 435 g/mol. The van der Waals surface area contributed by atoms with Crippen molar-refractivity contribution < 1.29 is 28.5 Å². The molecule has 1 saturated heterocycles. The SMILES string of the molecule is CCCCC(=O)[C@H](OCc1ccccc1)[C@@H](NC(=O)OC(C)(C)C)[C@H]1COC(C)(C)O1. The zero-order valence-electron chi connectivity index (χ0n) is 19.6. The van der Waals surface area contributed by atoms with Crippen molar-refractivity contribution in [2.24, 2.45) is 0 Å². The maximum absolute atomic E-state index is 13.1. The van der Waals surface area contributed by atoms with E-state index in [0.29, 0.717) is 6.42 Å². The number of hydrogen-bond donors (Lipinski definition) is 1. The highest BCUT2D eigenvalue weighted by Gasteiger charge is 2.44. The summed E-state index contributed by atoms with van der Waals surface area (Å²) in [4.78, 5) is 25.7. The van der Waals surface area contributed by atoms with Crippen molar-refractivity contribution in [1.29, 1.82) is 0 Å². The summed E-state index contributed by atoms with van der Waals surface area (Å²) < 4.78 is 23.3. The Morgan fingerprint density at radius 2 is 1.90 bits per heavy atom. The van der Waals surface area contributed by atoms with Crippen LogP contribution in [0.2, 0.25) is 0 Å². The number of carbonyl (C=O) groups is 2. The Bertz CT molecular complexity index is 713. The molecule has 1 aromatic carbocycles. The number of Topliss-reactive ketones (excluding diaryl/α,β-unsaturated/α-hetero) is 1. The Morgan fingerprint density at radius 1 is 1.23 bits per heavy atom. The van der Waals surface area contributed by atoms with E-state index in [2.05, 4.69) is 5.32 Å². The standard InChI is InChI=1S/C24H37NO6/c1-7-8-14-18(26)21(28-15-17-12-10-9-11-13-17)20(19-16-29-24(5,6)30-19)25-22(27)31-23(2,3)4/h9-13,19-21H,7-8,14-16H2,1-6H3,(H,25,27)/t19-,20+,21+/m1/s1. The molecule has 3 atom stereocenters. The number of nitrogens with one attached hydrogen (secondary N) is 1. The van der Waals surface area contributed by atoms with E-state index in [9.17, 15) is 9.59 Å². The molecule has 1 aliphatic heterocycles. The van der Waals surface area contributed by atoms with Gasteiger partial charge in [0.05, 0.1) is 19.3 Å². The summed E-state index contributed by atoms with van der Waals surface area (Å²) in [5, 5.41) is 2.83. The largest absolute Gasteiger partial charge is 0.444 e. The molecule has 7 heteroatoms. The van der Waals surface area contributed by atoms with Gasteiger partial charge in [0, 0.05) is 6.42 Å². The predicted octanol–water partition coefficient (Wildman–Crippen LogP) is 4.38. The van der Waals surface area contributed by atoms with E-state index in [1.807, 2.05) is 37.3 Å². The minimum absolute atomic E-state index is 0.0767. The zero-order chi connectivity index (χ0) is 23.1. The van der Waals surface area contributed by atoms with Gasteiger partial charge in [-0.25, -0.2) is 4.79 Å². The van der Waals surface area contributed by atoms with E-state index in [1.54, 1.807) is 34.6 Å². The lowest BCUT2D eigenvalue weighted by molar-refractivity contribution is -0.154. The van der Waals surface area contributed by atoms with Gasteiger partial charge in [0.15, 0.2) is 11.6 Å². The van der Waals surface area contributed by atoms with Crippen molar-refractivity contribution in [2.75, 3.05) is 6.61 Å². The first kappa shape index (κ1) is 25.3. The molecule has 1 aromatic rings. The molecule has 0 saturated carbocycles. The summed E-state index contributed by atoms with van der Waals surface area (Å²) in [5.74, 6) is -0.887. The molecule has 1 N–H and O–H groups in total. The molecule has 0 spiro atoms. The molecule has 0 bridgehead atoms. The number of ether oxygens (including phenoxy) is 4. The molecule has 1 fully saturated rings. The molecule has 2 rings (SSSR count). The Hall–Kier alpha value is -1.96. The molecule has 174 valence electrons. The first-order valence-electron chi connectivity index (χ1n) is 11.0. The van der Waals surface area contributed by atoms with Crippen molar-refractivity contribution in [1.82, 2.24) is 5.32 Å². The zero-order valence-corrected chi connectivity index (χ0v) is 19.6. The average Bonchev–Trinajstić information content (AvgIpc) is 3.04. The van der Waals surface area contributed by atoms with Crippen LogP contribution in [0.3, 0.4) is 0 Å². The Balaban J connectivity index is 2.26. The van der Waals surface area contributed by atoms with E-state index in [4.69, 9.17) is 18.9 Å². The number of amides is 1. The van der Waals surface area contributed by atoms with Crippen molar-refractivity contribution in [2.45, 2.75) is 97.0 Å². The van der Waals surface area contributed by atoms with Gasteiger partial charge in [-0.2, -0.15) is 0 Å². The van der Waals surface area contributed by atoms with Crippen LogP contribution in [-0.4, -0.2) is 48.1 Å². The second-order valence-electron chi connectivity index (χ2n) is 9.33. The molecule has 0 radical (unpaired) electrons. The number of ketones is 1. The molecular formula is C24H37NO6. The highest BCUT2D eigenvalue weighted by atomic mass is 16.7. The number of alkyl carbamates (subject to hydrolysis) is 1. The fourth-order valence-corrected chi connectivity index (χ4v) is 3.35. The van der Waals surface area contributed by atoms with Gasteiger partial charge in [-0.15, -0.1) is 0 Å². The van der Waals surface area contributed by atoms with Gasteiger partial charge in [0.1, 0.15) is 17.8 Å². The molecule has 31 heavy (non-hydrogen) atoms. The maximum atomic E-state index is 13.1. The molecule has 1 aliphatic rings. The van der Waals surface area contributed by atoms with E-state index in [1.165, 1.54) is 0 Å². The first-order chi connectivity index (χ1) is 14.5. The molecule has 7 nitrogen and oxygen atoms in total. The number of carbonyl (C=O) groups excluding carboxylic acids is 2. The summed E-state index contributed by atoms with van der Waals surface area (Å²) in [6, 6.07) is 8.87. The lowest BCUT2D eigenvalue weighted by Crippen LogP contribution is -2.56. The summed E-state index contributed by atoms with van der Waals surface area (Å²) in [6.45, 7) is 11.5. The highest BCUT2D eigenvalue weighted by Crippen LogP contribution is 2.27. The molecule has 1 heterocycles. The van der Waals surface area contributed by atoms with Crippen LogP contribution in [0.4, 0.5) is 4.79 Å². The maximum Gasteiger partial charge on any atom is 0.408 e. The van der Waals surface area contributed by atoms with Gasteiger partial charge in [0.25, 0.3) is 0 Å². The van der Waals surface area contributed by atoms with Crippen molar-refractivity contribution in [3.05, 3.63) is 35.9 Å². The Kier molecular flexibility index (Phi) is 9.03. The van der Waals surface area contributed by atoms with E-state index < -0.39 is 35.7 Å². The van der Waals surface area contributed by atoms with Crippen LogP contribution in [0.25, 0.3) is 0 Å². The van der Waals surface area contributed by atoms with Crippen LogP contribution in [-0.2, 0) is 30.3 Å². The number of hydrogen-bond acceptors (Lipinski definition) is 6. The fourth-order valence-electron chi connectivity index (χ4n) is 3.35. The smallest absolute Gasteiger partial charge is 0.408 e. The fraction of sp³-hybridized carbons (Fsp3) is 0.667.